The SMILES string of the molecule is CCOP(=O)(COCCn1cnc2c(NC(=O)c3ccccc3)ncnc21)OCC. The van der Waals surface area contributed by atoms with Crippen LogP contribution in [0.1, 0.15) is 24.2 Å². The van der Waals surface area contributed by atoms with Gasteiger partial charge in [0.25, 0.3) is 5.91 Å². The Kier molecular flexibility index (Phi) is 7.64. The Morgan fingerprint density at radius 1 is 1.10 bits per heavy atom. The van der Waals surface area contributed by atoms with Crippen molar-refractivity contribution in [1.29, 1.82) is 0 Å². The van der Waals surface area contributed by atoms with Gasteiger partial charge in [0, 0.05) is 12.1 Å². The number of aromatic nitrogens is 4. The van der Waals surface area contributed by atoms with E-state index in [-0.39, 0.29) is 32.1 Å². The maximum absolute atomic E-state index is 12.4. The molecule has 1 aromatic carbocycles. The van der Waals surface area contributed by atoms with Gasteiger partial charge in [0.05, 0.1) is 26.1 Å². The van der Waals surface area contributed by atoms with E-state index in [1.54, 1.807) is 49.0 Å². The molecule has 10 nitrogen and oxygen atoms in total. The number of carbonyl (C=O) groups is 1. The summed E-state index contributed by atoms with van der Waals surface area (Å²) in [5.41, 5.74) is 1.54. The number of fused-ring (bicyclic) bond motifs is 1. The van der Waals surface area contributed by atoms with Crippen LogP contribution in [0.3, 0.4) is 0 Å². The van der Waals surface area contributed by atoms with E-state index in [0.717, 1.165) is 0 Å². The highest BCUT2D eigenvalue weighted by molar-refractivity contribution is 7.53. The molecule has 0 atom stereocenters. The van der Waals surface area contributed by atoms with Gasteiger partial charge in [-0.15, -0.1) is 0 Å². The molecule has 0 unspecified atom stereocenters. The number of ether oxygens (including phenoxy) is 1. The molecular weight excluding hydrogens is 409 g/mol. The lowest BCUT2D eigenvalue weighted by molar-refractivity contribution is 0.102. The number of hydrogen-bond donors (Lipinski definition) is 1. The van der Waals surface area contributed by atoms with Gasteiger partial charge in [-0.3, -0.25) is 9.36 Å². The highest BCUT2D eigenvalue weighted by Gasteiger charge is 2.23. The third-order valence-electron chi connectivity index (χ3n) is 4.05. The zero-order valence-corrected chi connectivity index (χ0v) is 17.7. The number of nitrogens with zero attached hydrogens (tertiary/aromatic N) is 4. The summed E-state index contributed by atoms with van der Waals surface area (Å²) in [6.45, 7) is 4.72. The second kappa shape index (κ2) is 10.4. The van der Waals surface area contributed by atoms with Crippen molar-refractivity contribution >= 4 is 30.5 Å². The summed E-state index contributed by atoms with van der Waals surface area (Å²) in [6, 6.07) is 8.84. The van der Waals surface area contributed by atoms with Gasteiger partial charge in [0.15, 0.2) is 17.0 Å². The molecule has 0 bridgehead atoms. The molecule has 0 saturated heterocycles. The molecule has 0 aliphatic carbocycles. The number of hydrogen-bond acceptors (Lipinski definition) is 8. The molecule has 0 saturated carbocycles. The molecule has 0 spiro atoms. The minimum absolute atomic E-state index is 0.130. The molecule has 0 aliphatic rings. The second-order valence-electron chi connectivity index (χ2n) is 6.14. The predicted octanol–water partition coefficient (Wildman–Crippen LogP) is 3.32. The lowest BCUT2D eigenvalue weighted by Gasteiger charge is -2.16. The lowest BCUT2D eigenvalue weighted by Crippen LogP contribution is -2.13. The van der Waals surface area contributed by atoms with Crippen molar-refractivity contribution in [2.24, 2.45) is 0 Å². The molecule has 0 aliphatic heterocycles. The van der Waals surface area contributed by atoms with Crippen LogP contribution in [0.2, 0.25) is 0 Å². The molecule has 3 aromatic rings. The van der Waals surface area contributed by atoms with Crippen LogP contribution >= 0.6 is 7.60 Å². The van der Waals surface area contributed by atoms with Crippen LogP contribution in [0.25, 0.3) is 11.2 Å². The van der Waals surface area contributed by atoms with Crippen LogP contribution in [-0.2, 0) is 24.9 Å². The number of anilines is 1. The monoisotopic (exact) mass is 433 g/mol. The number of benzene rings is 1. The van der Waals surface area contributed by atoms with Gasteiger partial charge in [-0.25, -0.2) is 15.0 Å². The van der Waals surface area contributed by atoms with Gasteiger partial charge in [-0.05, 0) is 26.0 Å². The number of rotatable bonds is 11. The zero-order valence-electron chi connectivity index (χ0n) is 16.9. The first kappa shape index (κ1) is 22.0. The molecule has 3 rings (SSSR count). The van der Waals surface area contributed by atoms with E-state index in [2.05, 4.69) is 20.3 Å². The van der Waals surface area contributed by atoms with E-state index in [9.17, 15) is 9.36 Å². The van der Waals surface area contributed by atoms with E-state index in [4.69, 9.17) is 13.8 Å². The highest BCUT2D eigenvalue weighted by atomic mass is 31.2. The van der Waals surface area contributed by atoms with Gasteiger partial charge >= 0.3 is 7.60 Å². The van der Waals surface area contributed by atoms with Gasteiger partial charge in [-0.1, -0.05) is 18.2 Å². The summed E-state index contributed by atoms with van der Waals surface area (Å²) in [4.78, 5) is 25.1. The summed E-state index contributed by atoms with van der Waals surface area (Å²) in [5.74, 6) is 0.0433. The standard InChI is InChI=1S/C19H24N5O5P/c1-3-28-30(26,29-4-2)14-27-11-10-24-13-22-16-17(20-12-21-18(16)24)23-19(25)15-8-6-5-7-9-15/h5-9,12-13H,3-4,10-11,14H2,1-2H3,(H,20,21,23,25). The molecule has 2 heterocycles. The first-order chi connectivity index (χ1) is 14.6. The van der Waals surface area contributed by atoms with Crippen LogP contribution in [0.4, 0.5) is 5.82 Å². The summed E-state index contributed by atoms with van der Waals surface area (Å²) < 4.78 is 30.1. The number of carbonyl (C=O) groups excluding carboxylic acids is 1. The van der Waals surface area contributed by atoms with Crippen molar-refractivity contribution in [3.05, 3.63) is 48.5 Å². The molecule has 30 heavy (non-hydrogen) atoms. The molecule has 1 N–H and O–H groups in total. The molecule has 2 aromatic heterocycles. The lowest BCUT2D eigenvalue weighted by atomic mass is 10.2. The van der Waals surface area contributed by atoms with Crippen molar-refractivity contribution in [3.8, 4) is 0 Å². The highest BCUT2D eigenvalue weighted by Crippen LogP contribution is 2.47. The normalized spacial score (nSPS) is 11.7. The average molecular weight is 433 g/mol. The Hall–Kier alpha value is -2.65. The average Bonchev–Trinajstić information content (AvgIpc) is 3.16. The maximum atomic E-state index is 12.4. The predicted molar refractivity (Wildman–Crippen MR) is 111 cm³/mol. The zero-order chi connectivity index (χ0) is 21.4. The Morgan fingerprint density at radius 2 is 1.83 bits per heavy atom. The molecule has 1 amide bonds. The van der Waals surface area contributed by atoms with Gasteiger partial charge in [0.2, 0.25) is 0 Å². The van der Waals surface area contributed by atoms with Crippen molar-refractivity contribution < 1.29 is 23.1 Å². The molecule has 0 radical (unpaired) electrons. The third kappa shape index (κ3) is 5.48. The van der Waals surface area contributed by atoms with Crippen LogP contribution < -0.4 is 5.32 Å². The van der Waals surface area contributed by atoms with Gasteiger partial charge in [0.1, 0.15) is 12.7 Å². The maximum Gasteiger partial charge on any atom is 0.356 e. The Balaban J connectivity index is 1.64. The van der Waals surface area contributed by atoms with E-state index in [1.165, 1.54) is 6.33 Å². The fourth-order valence-corrected chi connectivity index (χ4v) is 4.11. The number of amides is 1. The summed E-state index contributed by atoms with van der Waals surface area (Å²) in [7, 11) is -3.25. The molecule has 160 valence electrons. The van der Waals surface area contributed by atoms with E-state index in [0.29, 0.717) is 29.1 Å². The Labute approximate surface area is 174 Å². The van der Waals surface area contributed by atoms with E-state index < -0.39 is 7.60 Å². The molecular formula is C19H24N5O5P. The van der Waals surface area contributed by atoms with Gasteiger partial charge in [-0.2, -0.15) is 0 Å². The Bertz CT molecular complexity index is 1020. The largest absolute Gasteiger partial charge is 0.367 e. The topological polar surface area (TPSA) is 117 Å². The Morgan fingerprint density at radius 3 is 2.53 bits per heavy atom. The first-order valence-electron chi connectivity index (χ1n) is 9.54. The van der Waals surface area contributed by atoms with Crippen LogP contribution in [0.15, 0.2) is 43.0 Å². The molecule has 11 heteroatoms. The first-order valence-corrected chi connectivity index (χ1v) is 11.3. The van der Waals surface area contributed by atoms with Crippen LogP contribution in [0.5, 0.6) is 0 Å². The number of imidazole rings is 1. The smallest absolute Gasteiger partial charge is 0.356 e. The van der Waals surface area contributed by atoms with Crippen molar-refractivity contribution in [2.45, 2.75) is 20.4 Å². The summed E-state index contributed by atoms with van der Waals surface area (Å²) in [6.07, 6.45) is 2.82. The van der Waals surface area contributed by atoms with Crippen molar-refractivity contribution in [2.75, 3.05) is 31.5 Å². The molecule has 0 fully saturated rings. The van der Waals surface area contributed by atoms with Gasteiger partial charge < -0.3 is 23.7 Å². The summed E-state index contributed by atoms with van der Waals surface area (Å²) >= 11 is 0. The fourth-order valence-electron chi connectivity index (χ4n) is 2.75. The van der Waals surface area contributed by atoms with E-state index in [1.807, 2.05) is 6.07 Å². The van der Waals surface area contributed by atoms with Crippen molar-refractivity contribution in [1.82, 2.24) is 19.5 Å². The summed E-state index contributed by atoms with van der Waals surface area (Å²) in [5, 5.41) is 2.76. The third-order valence-corrected chi connectivity index (χ3v) is 5.85. The number of nitrogens with one attached hydrogen (secondary N) is 1. The fraction of sp³-hybridized carbons (Fsp3) is 0.368. The minimum Gasteiger partial charge on any atom is -0.367 e. The van der Waals surface area contributed by atoms with Crippen molar-refractivity contribution in [3.63, 3.8) is 0 Å². The van der Waals surface area contributed by atoms with Crippen LogP contribution in [0, 0.1) is 0 Å². The van der Waals surface area contributed by atoms with E-state index >= 15 is 0 Å². The van der Waals surface area contributed by atoms with Crippen LogP contribution in [-0.4, -0.2) is 51.6 Å². The quantitative estimate of drug-likeness (QED) is 0.361. The second-order valence-corrected chi connectivity index (χ2v) is 8.13. The minimum atomic E-state index is -3.25.